The Balaban J connectivity index is 1.28. The Morgan fingerprint density at radius 3 is 2.52 bits per heavy atom. The molecule has 0 spiro atoms. The van der Waals surface area contributed by atoms with Crippen LogP contribution in [0.15, 0.2) is 18.2 Å². The minimum absolute atomic E-state index is 0.0186. The third-order valence-electron chi connectivity index (χ3n) is 9.38. The number of fused-ring (bicyclic) bond motifs is 4. The first-order valence-electron chi connectivity index (χ1n) is 12.9. The molecule has 7 heteroatoms. The van der Waals surface area contributed by atoms with Crippen LogP contribution in [0, 0.1) is 5.92 Å². The average Bonchev–Trinajstić information content (AvgIpc) is 3.33. The molecule has 1 aromatic carbocycles. The van der Waals surface area contributed by atoms with E-state index in [1.165, 1.54) is 11.1 Å². The van der Waals surface area contributed by atoms with E-state index in [4.69, 9.17) is 0 Å². The van der Waals surface area contributed by atoms with Crippen LogP contribution in [-0.4, -0.2) is 85.2 Å². The first kappa shape index (κ1) is 23.6. The maximum absolute atomic E-state index is 13.0. The van der Waals surface area contributed by atoms with Crippen molar-refractivity contribution in [1.29, 1.82) is 0 Å². The zero-order valence-corrected chi connectivity index (χ0v) is 21.4. The van der Waals surface area contributed by atoms with Crippen LogP contribution in [0.5, 0.6) is 5.75 Å². The molecule has 2 saturated heterocycles. The zero-order valence-electron chi connectivity index (χ0n) is 20.5. The van der Waals surface area contributed by atoms with Gasteiger partial charge in [0.05, 0.1) is 5.25 Å². The monoisotopic (exact) mass is 475 g/mol. The van der Waals surface area contributed by atoms with Gasteiger partial charge in [-0.2, -0.15) is 0 Å². The molecule has 2 aliphatic heterocycles. The van der Waals surface area contributed by atoms with Gasteiger partial charge >= 0.3 is 0 Å². The zero-order chi connectivity index (χ0) is 23.4. The number of benzene rings is 1. The minimum atomic E-state index is -3.11. The van der Waals surface area contributed by atoms with Crippen molar-refractivity contribution in [3.63, 3.8) is 0 Å². The number of hydrogen-bond donors (Lipinski definition) is 1. The van der Waals surface area contributed by atoms with Crippen molar-refractivity contribution in [2.24, 2.45) is 5.92 Å². The Hall–Kier alpha value is -1.15. The van der Waals surface area contributed by atoms with Crippen LogP contribution in [0.1, 0.15) is 63.0 Å². The Morgan fingerprint density at radius 1 is 1.12 bits per heavy atom. The smallest absolute Gasteiger partial charge is 0.216 e. The van der Waals surface area contributed by atoms with Crippen LogP contribution < -0.4 is 0 Å². The Morgan fingerprint density at radius 2 is 1.82 bits per heavy atom. The quantitative estimate of drug-likeness (QED) is 0.709. The lowest BCUT2D eigenvalue weighted by molar-refractivity contribution is -0.00616. The van der Waals surface area contributed by atoms with Crippen molar-refractivity contribution in [3.05, 3.63) is 29.3 Å². The summed E-state index contributed by atoms with van der Waals surface area (Å²) in [5, 5.41) is 10.1. The molecule has 0 radical (unpaired) electrons. The van der Waals surface area contributed by atoms with Crippen molar-refractivity contribution in [2.75, 3.05) is 40.3 Å². The number of likely N-dealkylation sites (N-methyl/N-ethyl adjacent to an activating group) is 2. The van der Waals surface area contributed by atoms with E-state index in [2.05, 4.69) is 36.9 Å². The summed E-state index contributed by atoms with van der Waals surface area (Å²) in [6.45, 7) is 5.84. The second kappa shape index (κ2) is 8.81. The largest absolute Gasteiger partial charge is 0.508 e. The average molecular weight is 476 g/mol. The van der Waals surface area contributed by atoms with Gasteiger partial charge in [-0.25, -0.2) is 12.7 Å². The summed E-state index contributed by atoms with van der Waals surface area (Å²) in [5.41, 5.74) is 2.72. The predicted molar refractivity (Wildman–Crippen MR) is 132 cm³/mol. The fraction of sp³-hybridized carbons (Fsp3) is 0.769. The lowest BCUT2D eigenvalue weighted by Gasteiger charge is -2.58. The van der Waals surface area contributed by atoms with E-state index in [0.717, 1.165) is 64.5 Å². The van der Waals surface area contributed by atoms with Gasteiger partial charge in [0.2, 0.25) is 10.0 Å². The number of piperidine rings is 2. The van der Waals surface area contributed by atoms with Crippen molar-refractivity contribution < 1.29 is 13.5 Å². The van der Waals surface area contributed by atoms with E-state index < -0.39 is 10.0 Å². The van der Waals surface area contributed by atoms with Crippen LogP contribution in [0.2, 0.25) is 0 Å². The third-order valence-corrected chi connectivity index (χ3v) is 11.8. The molecule has 1 saturated carbocycles. The van der Waals surface area contributed by atoms with Gasteiger partial charge < -0.3 is 14.9 Å². The van der Waals surface area contributed by atoms with Gasteiger partial charge in [0, 0.05) is 37.1 Å². The SMILES string of the molecule is CN1CC[C@@]2(C)c3cc(O)ccc3C[C@@H]1[C@H]2N(C)CC1CCN(S(=O)(=O)C2CCCC2)CC1. The van der Waals surface area contributed by atoms with Gasteiger partial charge in [-0.05, 0) is 88.3 Å². The summed E-state index contributed by atoms with van der Waals surface area (Å²) in [5.74, 6) is 0.898. The number of phenols is 1. The summed E-state index contributed by atoms with van der Waals surface area (Å²) in [6, 6.07) is 6.81. The van der Waals surface area contributed by atoms with Gasteiger partial charge in [-0.3, -0.25) is 0 Å². The maximum Gasteiger partial charge on any atom is 0.216 e. The van der Waals surface area contributed by atoms with Crippen LogP contribution in [0.3, 0.4) is 0 Å². The Labute approximate surface area is 200 Å². The van der Waals surface area contributed by atoms with Crippen LogP contribution in [0.25, 0.3) is 0 Å². The van der Waals surface area contributed by atoms with E-state index in [0.29, 0.717) is 36.8 Å². The molecule has 0 unspecified atom stereocenters. The van der Waals surface area contributed by atoms with Crippen molar-refractivity contribution in [2.45, 2.75) is 81.0 Å². The molecule has 0 amide bonds. The molecule has 2 aliphatic carbocycles. The van der Waals surface area contributed by atoms with Gasteiger partial charge in [-0.15, -0.1) is 0 Å². The molecular weight excluding hydrogens is 434 g/mol. The Kier molecular flexibility index (Phi) is 6.30. The van der Waals surface area contributed by atoms with E-state index in [1.807, 2.05) is 12.1 Å². The van der Waals surface area contributed by atoms with Gasteiger partial charge in [0.25, 0.3) is 0 Å². The van der Waals surface area contributed by atoms with E-state index in [-0.39, 0.29) is 10.7 Å². The van der Waals surface area contributed by atoms with Gasteiger partial charge in [0.15, 0.2) is 0 Å². The summed E-state index contributed by atoms with van der Waals surface area (Å²) < 4.78 is 27.8. The van der Waals surface area contributed by atoms with Crippen LogP contribution >= 0.6 is 0 Å². The first-order chi connectivity index (χ1) is 15.7. The normalized spacial score (nSPS) is 32.4. The molecule has 3 atom stereocenters. The molecule has 0 aromatic heterocycles. The molecule has 2 heterocycles. The fourth-order valence-electron chi connectivity index (χ4n) is 7.49. The number of likely N-dealkylation sites (tertiary alicyclic amines) is 1. The first-order valence-corrected chi connectivity index (χ1v) is 14.4. The Bertz CT molecular complexity index is 969. The second-order valence-electron chi connectivity index (χ2n) is 11.4. The number of rotatable bonds is 5. The summed E-state index contributed by atoms with van der Waals surface area (Å²) in [4.78, 5) is 5.09. The molecule has 184 valence electrons. The highest BCUT2D eigenvalue weighted by atomic mass is 32.2. The van der Waals surface area contributed by atoms with Crippen molar-refractivity contribution in [1.82, 2.24) is 14.1 Å². The maximum atomic E-state index is 13.0. The number of hydrogen-bond acceptors (Lipinski definition) is 5. The standard InChI is InChI=1S/C26H41N3O3S/c1-26-12-15-27(2)24(16-20-8-9-21(30)17-23(20)26)25(26)28(3)18-19-10-13-29(14-11-19)33(31,32)22-6-4-5-7-22/h8-9,17,19,22,24-25,30H,4-7,10-16,18H2,1-3H3/t24-,25-,26+/m1/s1. The van der Waals surface area contributed by atoms with Gasteiger partial charge in [0.1, 0.15) is 5.75 Å². The summed E-state index contributed by atoms with van der Waals surface area (Å²) >= 11 is 0. The lowest BCUT2D eigenvalue weighted by Crippen LogP contribution is -2.66. The molecule has 3 fully saturated rings. The van der Waals surface area contributed by atoms with Crippen molar-refractivity contribution >= 4 is 10.0 Å². The highest BCUT2D eigenvalue weighted by molar-refractivity contribution is 7.89. The third kappa shape index (κ3) is 4.13. The highest BCUT2D eigenvalue weighted by Gasteiger charge is 2.51. The molecule has 2 bridgehead atoms. The molecular formula is C26H41N3O3S. The molecule has 5 rings (SSSR count). The second-order valence-corrected chi connectivity index (χ2v) is 13.7. The molecule has 1 N–H and O–H groups in total. The lowest BCUT2D eigenvalue weighted by atomic mass is 9.61. The van der Waals surface area contributed by atoms with E-state index >= 15 is 0 Å². The predicted octanol–water partition coefficient (Wildman–Crippen LogP) is 3.19. The van der Waals surface area contributed by atoms with Crippen LogP contribution in [0.4, 0.5) is 0 Å². The summed E-state index contributed by atoms with van der Waals surface area (Å²) in [7, 11) is 1.41. The minimum Gasteiger partial charge on any atom is -0.508 e. The van der Waals surface area contributed by atoms with E-state index in [1.54, 1.807) is 4.31 Å². The highest BCUT2D eigenvalue weighted by Crippen LogP contribution is 2.47. The van der Waals surface area contributed by atoms with Crippen molar-refractivity contribution in [3.8, 4) is 5.75 Å². The number of nitrogens with zero attached hydrogens (tertiary/aromatic N) is 3. The number of aromatic hydroxyl groups is 1. The van der Waals surface area contributed by atoms with Crippen LogP contribution in [-0.2, 0) is 21.9 Å². The molecule has 1 aromatic rings. The topological polar surface area (TPSA) is 64.1 Å². The molecule has 4 aliphatic rings. The van der Waals surface area contributed by atoms with Gasteiger partial charge in [-0.1, -0.05) is 25.8 Å². The van der Waals surface area contributed by atoms with E-state index in [9.17, 15) is 13.5 Å². The number of sulfonamides is 1. The summed E-state index contributed by atoms with van der Waals surface area (Å²) in [6.07, 6.45) is 7.82. The number of phenolic OH excluding ortho intramolecular Hbond substituents is 1. The molecule has 33 heavy (non-hydrogen) atoms. The fourth-order valence-corrected chi connectivity index (χ4v) is 9.56. The molecule has 6 nitrogen and oxygen atoms in total.